The van der Waals surface area contributed by atoms with Gasteiger partial charge in [-0.2, -0.15) is 0 Å². The van der Waals surface area contributed by atoms with Crippen LogP contribution >= 0.6 is 0 Å². The van der Waals surface area contributed by atoms with Gasteiger partial charge < -0.3 is 21.1 Å². The van der Waals surface area contributed by atoms with Crippen molar-refractivity contribution in [3.63, 3.8) is 0 Å². The molecule has 7 nitrogen and oxygen atoms in total. The summed E-state index contributed by atoms with van der Waals surface area (Å²) in [5, 5.41) is 11.3. The molecule has 0 bridgehead atoms. The lowest BCUT2D eigenvalue weighted by atomic mass is 10.1. The molecule has 1 aliphatic carbocycles. The summed E-state index contributed by atoms with van der Waals surface area (Å²) in [4.78, 5) is 34.7. The number of hydrogen-bond acceptors (Lipinski definition) is 3. The molecule has 0 aliphatic heterocycles. The Hall–Kier alpha value is -1.79. The highest BCUT2D eigenvalue weighted by molar-refractivity contribution is 5.83. The molecule has 0 saturated heterocycles. The number of primary amides is 1. The van der Waals surface area contributed by atoms with E-state index in [-0.39, 0.29) is 12.8 Å². The predicted molar refractivity (Wildman–Crippen MR) is 63.7 cm³/mol. The van der Waals surface area contributed by atoms with Crippen molar-refractivity contribution in [3.05, 3.63) is 0 Å². The van der Waals surface area contributed by atoms with E-state index in [9.17, 15) is 14.4 Å². The van der Waals surface area contributed by atoms with Crippen molar-refractivity contribution < 1.29 is 19.5 Å². The van der Waals surface area contributed by atoms with Crippen molar-refractivity contribution in [1.29, 1.82) is 0 Å². The topological polar surface area (TPSA) is 113 Å². The molecule has 7 heteroatoms. The minimum atomic E-state index is -1.16. The fraction of sp³-hybridized carbons (Fsp3) is 0.727. The number of nitrogens with two attached hydrogens (primary N) is 1. The number of rotatable bonds is 7. The largest absolute Gasteiger partial charge is 0.480 e. The van der Waals surface area contributed by atoms with Crippen molar-refractivity contribution in [2.75, 3.05) is 13.6 Å². The third-order valence-electron chi connectivity index (χ3n) is 2.85. The molecule has 0 aromatic rings. The summed E-state index contributed by atoms with van der Waals surface area (Å²) in [6.45, 7) is 0.633. The van der Waals surface area contributed by atoms with Gasteiger partial charge in [-0.15, -0.1) is 0 Å². The van der Waals surface area contributed by atoms with Crippen molar-refractivity contribution >= 4 is 17.9 Å². The molecule has 1 aliphatic rings. The van der Waals surface area contributed by atoms with Gasteiger partial charge in [-0.05, 0) is 25.2 Å². The van der Waals surface area contributed by atoms with Crippen LogP contribution in [0.2, 0.25) is 0 Å². The number of nitrogens with one attached hydrogen (secondary N) is 1. The Bertz CT molecular complexity index is 341. The number of carbonyl (C=O) groups is 3. The first-order chi connectivity index (χ1) is 8.40. The van der Waals surface area contributed by atoms with Crippen LogP contribution in [-0.2, 0) is 9.59 Å². The standard InChI is InChI=1S/C11H19N3O4/c1-14(6-7-2-3-7)11(18)13-8(10(16)17)4-5-9(12)15/h7-8H,2-6H2,1H3,(H2,12,15)(H,13,18)(H,16,17). The second-order valence-electron chi connectivity index (χ2n) is 4.67. The lowest BCUT2D eigenvalue weighted by Gasteiger charge is -2.21. The quantitative estimate of drug-likeness (QED) is 0.584. The molecule has 1 fully saturated rings. The molecule has 0 aromatic heterocycles. The summed E-state index contributed by atoms with van der Waals surface area (Å²) in [5.74, 6) is -1.21. The average molecular weight is 257 g/mol. The number of hydrogen-bond donors (Lipinski definition) is 3. The van der Waals surface area contributed by atoms with Gasteiger partial charge in [0, 0.05) is 20.0 Å². The van der Waals surface area contributed by atoms with Gasteiger partial charge in [-0.25, -0.2) is 9.59 Å². The van der Waals surface area contributed by atoms with E-state index in [2.05, 4.69) is 5.32 Å². The van der Waals surface area contributed by atoms with Gasteiger partial charge in [-0.3, -0.25) is 4.79 Å². The number of carboxylic acids is 1. The van der Waals surface area contributed by atoms with Crippen molar-refractivity contribution in [2.45, 2.75) is 31.7 Å². The summed E-state index contributed by atoms with van der Waals surface area (Å²) in [6.07, 6.45) is 2.17. The summed E-state index contributed by atoms with van der Waals surface area (Å²) in [7, 11) is 1.63. The minimum absolute atomic E-state index is 0.00761. The number of nitrogens with zero attached hydrogens (tertiary/aromatic N) is 1. The van der Waals surface area contributed by atoms with E-state index >= 15 is 0 Å². The minimum Gasteiger partial charge on any atom is -0.480 e. The van der Waals surface area contributed by atoms with Crippen LogP contribution in [0.15, 0.2) is 0 Å². The Kier molecular flexibility index (Phi) is 4.94. The van der Waals surface area contributed by atoms with Gasteiger partial charge in [0.05, 0.1) is 0 Å². The van der Waals surface area contributed by atoms with Gasteiger partial charge in [0.15, 0.2) is 0 Å². The highest BCUT2D eigenvalue weighted by Crippen LogP contribution is 2.29. The third-order valence-corrected chi connectivity index (χ3v) is 2.85. The normalized spacial score (nSPS) is 15.8. The molecular formula is C11H19N3O4. The summed E-state index contributed by atoms with van der Waals surface area (Å²) in [5.41, 5.74) is 4.95. The predicted octanol–water partition coefficient (Wildman–Crippen LogP) is -0.243. The first-order valence-corrected chi connectivity index (χ1v) is 5.93. The van der Waals surface area contributed by atoms with Crippen LogP contribution in [0.25, 0.3) is 0 Å². The molecule has 18 heavy (non-hydrogen) atoms. The lowest BCUT2D eigenvalue weighted by Crippen LogP contribution is -2.47. The monoisotopic (exact) mass is 257 g/mol. The van der Waals surface area contributed by atoms with Gasteiger partial charge in [0.25, 0.3) is 0 Å². The maximum atomic E-state index is 11.7. The Labute approximate surface area is 105 Å². The molecule has 0 heterocycles. The van der Waals surface area contributed by atoms with Gasteiger partial charge in [0.2, 0.25) is 5.91 Å². The molecule has 4 N–H and O–H groups in total. The Morgan fingerprint density at radius 1 is 1.44 bits per heavy atom. The highest BCUT2D eigenvalue weighted by Gasteiger charge is 2.27. The number of urea groups is 1. The molecule has 3 amide bonds. The van der Waals surface area contributed by atoms with E-state index in [0.717, 1.165) is 12.8 Å². The SMILES string of the molecule is CN(CC1CC1)C(=O)NC(CCC(N)=O)C(=O)O. The van der Waals surface area contributed by atoms with E-state index in [1.54, 1.807) is 7.05 Å². The molecule has 0 aromatic carbocycles. The molecule has 1 rings (SSSR count). The van der Waals surface area contributed by atoms with Crippen LogP contribution in [0.4, 0.5) is 4.79 Å². The second-order valence-corrected chi connectivity index (χ2v) is 4.67. The zero-order valence-corrected chi connectivity index (χ0v) is 10.4. The molecule has 0 radical (unpaired) electrons. The molecule has 1 atom stereocenters. The van der Waals surface area contributed by atoms with E-state index in [1.807, 2.05) is 0 Å². The Morgan fingerprint density at radius 2 is 2.06 bits per heavy atom. The van der Waals surface area contributed by atoms with E-state index in [1.165, 1.54) is 4.90 Å². The van der Waals surface area contributed by atoms with Gasteiger partial charge >= 0.3 is 12.0 Å². The van der Waals surface area contributed by atoms with Crippen LogP contribution < -0.4 is 11.1 Å². The molecule has 102 valence electrons. The van der Waals surface area contributed by atoms with Crippen molar-refractivity contribution in [1.82, 2.24) is 10.2 Å². The molecule has 1 saturated carbocycles. The van der Waals surface area contributed by atoms with Gasteiger partial charge in [-0.1, -0.05) is 0 Å². The van der Waals surface area contributed by atoms with E-state index in [4.69, 9.17) is 10.8 Å². The van der Waals surface area contributed by atoms with Crippen molar-refractivity contribution in [2.24, 2.45) is 11.7 Å². The zero-order chi connectivity index (χ0) is 13.7. The summed E-state index contributed by atoms with van der Waals surface area (Å²) >= 11 is 0. The molecule has 1 unspecified atom stereocenters. The van der Waals surface area contributed by atoms with Crippen LogP contribution in [0.1, 0.15) is 25.7 Å². The van der Waals surface area contributed by atoms with E-state index in [0.29, 0.717) is 12.5 Å². The van der Waals surface area contributed by atoms with Crippen LogP contribution in [0.3, 0.4) is 0 Å². The molecule has 0 spiro atoms. The first kappa shape index (κ1) is 14.3. The van der Waals surface area contributed by atoms with Gasteiger partial charge in [0.1, 0.15) is 6.04 Å². The first-order valence-electron chi connectivity index (χ1n) is 5.93. The fourth-order valence-corrected chi connectivity index (χ4v) is 1.57. The maximum absolute atomic E-state index is 11.7. The van der Waals surface area contributed by atoms with Crippen LogP contribution in [0.5, 0.6) is 0 Å². The van der Waals surface area contributed by atoms with Crippen LogP contribution in [0, 0.1) is 5.92 Å². The smallest absolute Gasteiger partial charge is 0.326 e. The Balaban J connectivity index is 2.40. The molecular weight excluding hydrogens is 238 g/mol. The third kappa shape index (κ3) is 5.03. The van der Waals surface area contributed by atoms with Crippen LogP contribution in [-0.4, -0.2) is 47.5 Å². The fourth-order valence-electron chi connectivity index (χ4n) is 1.57. The highest BCUT2D eigenvalue weighted by atomic mass is 16.4. The summed E-state index contributed by atoms with van der Waals surface area (Å²) < 4.78 is 0. The van der Waals surface area contributed by atoms with E-state index < -0.39 is 23.9 Å². The number of carbonyl (C=O) groups excluding carboxylic acids is 2. The average Bonchev–Trinajstić information content (AvgIpc) is 3.06. The van der Waals surface area contributed by atoms with Crippen molar-refractivity contribution in [3.8, 4) is 0 Å². The summed E-state index contributed by atoms with van der Waals surface area (Å²) in [6, 6.07) is -1.51. The Morgan fingerprint density at radius 3 is 2.50 bits per heavy atom. The number of amides is 3. The number of aliphatic carboxylic acids is 1. The maximum Gasteiger partial charge on any atom is 0.326 e. The lowest BCUT2D eigenvalue weighted by molar-refractivity contribution is -0.139. The number of carboxylic acid groups (broad SMARTS) is 1. The second kappa shape index (κ2) is 6.23. The zero-order valence-electron chi connectivity index (χ0n) is 10.4.